The fraction of sp³-hybridized carbons (Fsp3) is 0.652. The SMILES string of the molecule is C=C(C)CCC(CC1CCC=CCC=NCC1)=[N+](C)CC=C(C)CNC. The number of rotatable bonds is 9. The Morgan fingerprint density at radius 3 is 2.81 bits per heavy atom. The van der Waals surface area contributed by atoms with E-state index < -0.39 is 0 Å². The van der Waals surface area contributed by atoms with Crippen molar-refractivity contribution in [2.45, 2.75) is 58.8 Å². The van der Waals surface area contributed by atoms with Crippen LogP contribution >= 0.6 is 0 Å². The molecule has 0 bridgehead atoms. The molecule has 1 aliphatic heterocycles. The third-order valence-electron chi connectivity index (χ3n) is 5.02. The van der Waals surface area contributed by atoms with E-state index in [9.17, 15) is 0 Å². The number of nitrogens with one attached hydrogen (secondary N) is 1. The molecule has 146 valence electrons. The number of hydrogen-bond donors (Lipinski definition) is 1. The van der Waals surface area contributed by atoms with Gasteiger partial charge in [0.05, 0.1) is 0 Å². The Hall–Kier alpha value is -1.48. The summed E-state index contributed by atoms with van der Waals surface area (Å²) in [6, 6.07) is 0. The average molecular weight is 359 g/mol. The molecule has 0 aliphatic carbocycles. The van der Waals surface area contributed by atoms with Gasteiger partial charge in [0.15, 0.2) is 12.3 Å². The fourth-order valence-electron chi connectivity index (χ4n) is 3.29. The largest absolute Gasteiger partial charge is 0.316 e. The summed E-state index contributed by atoms with van der Waals surface area (Å²) < 4.78 is 2.46. The lowest BCUT2D eigenvalue weighted by molar-refractivity contribution is -0.489. The monoisotopic (exact) mass is 358 g/mol. The molecule has 0 aromatic heterocycles. The van der Waals surface area contributed by atoms with Crippen molar-refractivity contribution in [1.82, 2.24) is 5.32 Å². The highest BCUT2D eigenvalue weighted by Gasteiger charge is 2.18. The van der Waals surface area contributed by atoms with E-state index in [1.807, 2.05) is 7.05 Å². The molecule has 26 heavy (non-hydrogen) atoms. The van der Waals surface area contributed by atoms with E-state index in [0.717, 1.165) is 44.8 Å². The van der Waals surface area contributed by atoms with Gasteiger partial charge in [-0.25, -0.2) is 4.58 Å². The second-order valence-electron chi connectivity index (χ2n) is 7.72. The third-order valence-corrected chi connectivity index (χ3v) is 5.02. The Kier molecular flexibility index (Phi) is 11.9. The number of hydrogen-bond acceptors (Lipinski definition) is 2. The topological polar surface area (TPSA) is 27.4 Å². The molecule has 0 fully saturated rings. The highest BCUT2D eigenvalue weighted by Crippen LogP contribution is 2.20. The van der Waals surface area contributed by atoms with Crippen LogP contribution in [0.1, 0.15) is 58.8 Å². The predicted octanol–water partition coefficient (Wildman–Crippen LogP) is 4.80. The molecule has 1 N–H and O–H groups in total. The van der Waals surface area contributed by atoms with Crippen molar-refractivity contribution >= 4 is 11.9 Å². The summed E-state index contributed by atoms with van der Waals surface area (Å²) in [6.07, 6.45) is 17.0. The second kappa shape index (κ2) is 13.7. The molecular formula is C23H40N3+. The highest BCUT2D eigenvalue weighted by atomic mass is 15.0. The molecule has 0 radical (unpaired) electrons. The molecule has 1 atom stereocenters. The summed E-state index contributed by atoms with van der Waals surface area (Å²) in [6.45, 7) is 11.4. The molecule has 1 rings (SSSR count). The summed E-state index contributed by atoms with van der Waals surface area (Å²) in [5.74, 6) is 0.722. The van der Waals surface area contributed by atoms with Crippen LogP contribution in [0.2, 0.25) is 0 Å². The fourth-order valence-corrected chi connectivity index (χ4v) is 3.29. The maximum absolute atomic E-state index is 4.56. The Bertz CT molecular complexity index is 522. The normalized spacial score (nSPS) is 20.0. The van der Waals surface area contributed by atoms with Crippen molar-refractivity contribution in [3.05, 3.63) is 36.0 Å². The Morgan fingerprint density at radius 1 is 1.27 bits per heavy atom. The standard InChI is InChI=1S/C23H40N3/c1-20(2)11-12-23(26(5)17-14-21(3)19-24-4)18-22-10-8-6-7-9-15-25-16-13-22/h6-7,14-15,22,24H,1,8-13,16-19H2,2-5H3/q+1. The molecule has 0 saturated heterocycles. The van der Waals surface area contributed by atoms with Crippen molar-refractivity contribution in [3.8, 4) is 0 Å². The summed E-state index contributed by atoms with van der Waals surface area (Å²) in [7, 11) is 4.25. The van der Waals surface area contributed by atoms with Crippen molar-refractivity contribution in [2.24, 2.45) is 10.9 Å². The van der Waals surface area contributed by atoms with Crippen LogP contribution < -0.4 is 5.32 Å². The average Bonchev–Trinajstić information content (AvgIpc) is 2.61. The first-order chi connectivity index (χ1) is 12.5. The molecule has 1 aliphatic rings. The minimum absolute atomic E-state index is 0.722. The summed E-state index contributed by atoms with van der Waals surface area (Å²) in [5.41, 5.74) is 4.24. The zero-order valence-corrected chi connectivity index (χ0v) is 17.6. The van der Waals surface area contributed by atoms with Crippen LogP contribution in [0, 0.1) is 5.92 Å². The molecule has 1 unspecified atom stereocenters. The second-order valence-corrected chi connectivity index (χ2v) is 7.72. The van der Waals surface area contributed by atoms with Crippen LogP contribution in [0.3, 0.4) is 0 Å². The summed E-state index contributed by atoms with van der Waals surface area (Å²) in [5, 5.41) is 3.23. The van der Waals surface area contributed by atoms with E-state index in [1.165, 1.54) is 36.8 Å². The van der Waals surface area contributed by atoms with Gasteiger partial charge in [0.1, 0.15) is 7.05 Å². The van der Waals surface area contributed by atoms with Crippen LogP contribution in [0.15, 0.2) is 40.9 Å². The third kappa shape index (κ3) is 10.5. The predicted molar refractivity (Wildman–Crippen MR) is 117 cm³/mol. The molecule has 3 nitrogen and oxygen atoms in total. The molecule has 0 aromatic carbocycles. The van der Waals surface area contributed by atoms with Gasteiger partial charge in [-0.2, -0.15) is 0 Å². The lowest BCUT2D eigenvalue weighted by Crippen LogP contribution is -2.22. The molecule has 0 amide bonds. The minimum atomic E-state index is 0.722. The first-order valence-electron chi connectivity index (χ1n) is 10.2. The first kappa shape index (κ1) is 22.6. The maximum atomic E-state index is 4.56. The van der Waals surface area contributed by atoms with Gasteiger partial charge in [-0.05, 0) is 58.6 Å². The van der Waals surface area contributed by atoms with E-state index in [4.69, 9.17) is 0 Å². The van der Waals surface area contributed by atoms with Crippen LogP contribution in [0.4, 0.5) is 0 Å². The van der Waals surface area contributed by atoms with Crippen LogP contribution in [-0.4, -0.2) is 50.2 Å². The van der Waals surface area contributed by atoms with Crippen LogP contribution in [0.5, 0.6) is 0 Å². The molecule has 0 spiro atoms. The van der Waals surface area contributed by atoms with Crippen molar-refractivity contribution in [2.75, 3.05) is 33.7 Å². The lowest BCUT2D eigenvalue weighted by Gasteiger charge is -2.16. The van der Waals surface area contributed by atoms with Gasteiger partial charge < -0.3 is 5.32 Å². The van der Waals surface area contributed by atoms with Gasteiger partial charge >= 0.3 is 0 Å². The van der Waals surface area contributed by atoms with Crippen LogP contribution in [-0.2, 0) is 0 Å². The molecule has 0 aromatic rings. The smallest absolute Gasteiger partial charge is 0.161 e. The van der Waals surface area contributed by atoms with E-state index in [0.29, 0.717) is 0 Å². The zero-order chi connectivity index (χ0) is 19.2. The van der Waals surface area contributed by atoms with E-state index in [2.05, 4.69) is 66.8 Å². The van der Waals surface area contributed by atoms with Crippen molar-refractivity contribution in [1.29, 1.82) is 0 Å². The van der Waals surface area contributed by atoms with Gasteiger partial charge in [0.25, 0.3) is 0 Å². The van der Waals surface area contributed by atoms with Gasteiger partial charge in [-0.3, -0.25) is 4.99 Å². The number of likely N-dealkylation sites (N-methyl/N-ethyl adjacent to an activating group) is 2. The summed E-state index contributed by atoms with van der Waals surface area (Å²) in [4.78, 5) is 4.56. The van der Waals surface area contributed by atoms with Gasteiger partial charge in [0, 0.05) is 38.6 Å². The molecule has 0 saturated carbocycles. The van der Waals surface area contributed by atoms with Gasteiger partial charge in [0.2, 0.25) is 0 Å². The first-order valence-corrected chi connectivity index (χ1v) is 10.2. The molecular weight excluding hydrogens is 318 g/mol. The summed E-state index contributed by atoms with van der Waals surface area (Å²) >= 11 is 0. The number of nitrogens with zero attached hydrogens (tertiary/aromatic N) is 2. The lowest BCUT2D eigenvalue weighted by atomic mass is 9.91. The van der Waals surface area contributed by atoms with Crippen LogP contribution in [0.25, 0.3) is 0 Å². The minimum Gasteiger partial charge on any atom is -0.316 e. The molecule has 1 heterocycles. The molecule has 3 heteroatoms. The zero-order valence-electron chi connectivity index (χ0n) is 17.6. The Morgan fingerprint density at radius 2 is 2.08 bits per heavy atom. The van der Waals surface area contributed by atoms with Crippen molar-refractivity contribution < 1.29 is 4.58 Å². The van der Waals surface area contributed by atoms with E-state index in [-0.39, 0.29) is 0 Å². The van der Waals surface area contributed by atoms with E-state index in [1.54, 1.807) is 5.71 Å². The highest BCUT2D eigenvalue weighted by molar-refractivity contribution is 5.80. The quantitative estimate of drug-likeness (QED) is 0.358. The van der Waals surface area contributed by atoms with E-state index >= 15 is 0 Å². The Balaban J connectivity index is 2.81. The van der Waals surface area contributed by atoms with Gasteiger partial charge in [-0.1, -0.05) is 23.3 Å². The number of allylic oxidation sites excluding steroid dienone is 3. The van der Waals surface area contributed by atoms with Gasteiger partial charge in [-0.15, -0.1) is 6.58 Å². The number of aliphatic imine (C=N–C) groups is 1. The van der Waals surface area contributed by atoms with Crippen molar-refractivity contribution in [3.63, 3.8) is 0 Å². The maximum Gasteiger partial charge on any atom is 0.161 e. The Labute approximate surface area is 161 Å².